The summed E-state index contributed by atoms with van der Waals surface area (Å²) in [6.07, 6.45) is 1.92. The quantitative estimate of drug-likeness (QED) is 0.378. The number of rotatable bonds is 7. The highest BCUT2D eigenvalue weighted by atomic mass is 19.1. The van der Waals surface area contributed by atoms with Gasteiger partial charge in [-0.15, -0.1) is 0 Å². The molecule has 2 aromatic heterocycles. The van der Waals surface area contributed by atoms with Crippen molar-refractivity contribution in [3.8, 4) is 6.01 Å². The predicted octanol–water partition coefficient (Wildman–Crippen LogP) is 3.91. The van der Waals surface area contributed by atoms with Gasteiger partial charge in [-0.1, -0.05) is 18.2 Å². The van der Waals surface area contributed by atoms with E-state index in [1.54, 1.807) is 19.2 Å². The van der Waals surface area contributed by atoms with Crippen molar-refractivity contribution in [2.75, 3.05) is 44.2 Å². The Balaban J connectivity index is 1.10. The van der Waals surface area contributed by atoms with Crippen LogP contribution in [-0.2, 0) is 7.05 Å². The van der Waals surface area contributed by atoms with Crippen LogP contribution in [0.1, 0.15) is 18.5 Å². The highest BCUT2D eigenvalue weighted by Crippen LogP contribution is 2.28. The molecule has 0 bridgehead atoms. The summed E-state index contributed by atoms with van der Waals surface area (Å²) < 4.78 is 21.1. The number of ether oxygens (including phenoxy) is 1. The number of aromatic nitrogens is 3. The maximum Gasteiger partial charge on any atom is 0.318 e. The van der Waals surface area contributed by atoms with Crippen molar-refractivity contribution in [2.24, 2.45) is 7.05 Å². The van der Waals surface area contributed by atoms with Crippen LogP contribution in [0, 0.1) is 12.7 Å². The minimum absolute atomic E-state index is 0.103. The molecule has 8 heteroatoms. The normalized spacial score (nSPS) is 14.7. The largest absolute Gasteiger partial charge is 0.463 e. The molecule has 5 rings (SSSR count). The third-order valence-electron chi connectivity index (χ3n) is 6.77. The van der Waals surface area contributed by atoms with Gasteiger partial charge in [-0.3, -0.25) is 14.3 Å². The van der Waals surface area contributed by atoms with Gasteiger partial charge < -0.3 is 9.64 Å². The van der Waals surface area contributed by atoms with Crippen LogP contribution in [0.25, 0.3) is 21.8 Å². The Hall–Kier alpha value is -3.52. The van der Waals surface area contributed by atoms with E-state index in [1.807, 2.05) is 25.1 Å². The van der Waals surface area contributed by atoms with E-state index >= 15 is 0 Å². The molecular formula is C27H30FN5O2. The van der Waals surface area contributed by atoms with Crippen LogP contribution in [0.4, 0.5) is 10.1 Å². The average Bonchev–Trinajstić information content (AvgIpc) is 2.86. The van der Waals surface area contributed by atoms with Gasteiger partial charge in [0.25, 0.3) is 5.56 Å². The second-order valence-corrected chi connectivity index (χ2v) is 9.09. The first-order valence-corrected chi connectivity index (χ1v) is 12.1. The van der Waals surface area contributed by atoms with E-state index in [1.165, 1.54) is 16.7 Å². The highest BCUT2D eigenvalue weighted by Gasteiger charge is 2.18. The number of unbranched alkanes of at least 4 members (excludes halogenated alkanes) is 1. The minimum Gasteiger partial charge on any atom is -0.463 e. The van der Waals surface area contributed by atoms with Crippen LogP contribution in [0.15, 0.2) is 53.3 Å². The average molecular weight is 476 g/mol. The standard InChI is InChI=1S/C27H30FN5O2/c1-19-22-10-11-25(34)31(2)26(22)30-27(29-19)35-17-4-3-12-32-13-15-33(16-14-32)24-7-5-6-20-8-9-21(28)18-23(20)24/h5-11,18H,3-4,12-17H2,1-2H3. The maximum absolute atomic E-state index is 13.8. The number of aryl methyl sites for hydroxylation is 2. The van der Waals surface area contributed by atoms with E-state index < -0.39 is 0 Å². The highest BCUT2D eigenvalue weighted by molar-refractivity contribution is 5.94. The summed E-state index contributed by atoms with van der Waals surface area (Å²) >= 11 is 0. The molecular weight excluding hydrogens is 445 g/mol. The summed E-state index contributed by atoms with van der Waals surface area (Å²) in [5, 5.41) is 2.90. The van der Waals surface area contributed by atoms with Gasteiger partial charge in [0.05, 0.1) is 12.3 Å². The molecule has 1 aliphatic heterocycles. The number of hydrogen-bond donors (Lipinski definition) is 0. The summed E-state index contributed by atoms with van der Waals surface area (Å²) in [5.41, 5.74) is 2.40. The Morgan fingerprint density at radius 3 is 2.63 bits per heavy atom. The molecule has 3 heterocycles. The topological polar surface area (TPSA) is 63.5 Å². The summed E-state index contributed by atoms with van der Waals surface area (Å²) in [6, 6.07) is 14.8. The smallest absolute Gasteiger partial charge is 0.318 e. The number of piperazine rings is 1. The van der Waals surface area contributed by atoms with Crippen LogP contribution in [0.3, 0.4) is 0 Å². The molecule has 1 saturated heterocycles. The van der Waals surface area contributed by atoms with Crippen LogP contribution in [-0.4, -0.2) is 58.8 Å². The molecule has 0 saturated carbocycles. The van der Waals surface area contributed by atoms with Crippen LogP contribution in [0.5, 0.6) is 6.01 Å². The molecule has 0 unspecified atom stereocenters. The van der Waals surface area contributed by atoms with E-state index in [-0.39, 0.29) is 11.4 Å². The lowest BCUT2D eigenvalue weighted by Gasteiger charge is -2.36. The molecule has 0 atom stereocenters. The zero-order valence-electron chi connectivity index (χ0n) is 20.2. The Morgan fingerprint density at radius 2 is 1.80 bits per heavy atom. The first-order valence-electron chi connectivity index (χ1n) is 12.1. The fourth-order valence-electron chi connectivity index (χ4n) is 4.74. The van der Waals surface area contributed by atoms with Crippen molar-refractivity contribution >= 4 is 27.5 Å². The van der Waals surface area contributed by atoms with Gasteiger partial charge in [0, 0.05) is 55.8 Å². The molecule has 7 nitrogen and oxygen atoms in total. The lowest BCUT2D eigenvalue weighted by atomic mass is 10.1. The maximum atomic E-state index is 13.8. The molecule has 1 aliphatic rings. The van der Waals surface area contributed by atoms with Gasteiger partial charge in [0.2, 0.25) is 0 Å². The predicted molar refractivity (Wildman–Crippen MR) is 137 cm³/mol. The van der Waals surface area contributed by atoms with Gasteiger partial charge in [0.15, 0.2) is 0 Å². The van der Waals surface area contributed by atoms with Crippen molar-refractivity contribution in [3.63, 3.8) is 0 Å². The van der Waals surface area contributed by atoms with Gasteiger partial charge in [-0.2, -0.15) is 9.97 Å². The third kappa shape index (κ3) is 4.98. The van der Waals surface area contributed by atoms with Crippen molar-refractivity contribution in [3.05, 3.63) is 70.4 Å². The molecule has 0 aliphatic carbocycles. The first-order chi connectivity index (χ1) is 17.0. The Bertz CT molecular complexity index is 1410. The van der Waals surface area contributed by atoms with E-state index in [4.69, 9.17) is 4.74 Å². The lowest BCUT2D eigenvalue weighted by molar-refractivity contribution is 0.234. The van der Waals surface area contributed by atoms with Gasteiger partial charge in [0.1, 0.15) is 11.5 Å². The summed E-state index contributed by atoms with van der Waals surface area (Å²) in [4.78, 5) is 25.6. The third-order valence-corrected chi connectivity index (χ3v) is 6.77. The number of benzene rings is 2. The number of nitrogens with zero attached hydrogens (tertiary/aromatic N) is 5. The van der Waals surface area contributed by atoms with Crippen LogP contribution >= 0.6 is 0 Å². The summed E-state index contributed by atoms with van der Waals surface area (Å²) in [7, 11) is 1.71. The number of hydrogen-bond acceptors (Lipinski definition) is 6. The van der Waals surface area contributed by atoms with Crippen LogP contribution in [0.2, 0.25) is 0 Å². The SMILES string of the molecule is Cc1nc(OCCCCN2CCN(c3cccc4ccc(F)cc34)CC2)nc2c1ccc(=O)n2C. The van der Waals surface area contributed by atoms with Crippen molar-refractivity contribution in [1.29, 1.82) is 0 Å². The second-order valence-electron chi connectivity index (χ2n) is 9.09. The molecule has 4 aromatic rings. The molecule has 0 amide bonds. The van der Waals surface area contributed by atoms with Gasteiger partial charge in [-0.05, 0) is 56.0 Å². The zero-order chi connectivity index (χ0) is 24.4. The second kappa shape index (κ2) is 10.00. The molecule has 0 radical (unpaired) electrons. The van der Waals surface area contributed by atoms with E-state index in [2.05, 4.69) is 25.8 Å². The molecule has 0 spiro atoms. The zero-order valence-corrected chi connectivity index (χ0v) is 20.2. The molecule has 0 N–H and O–H groups in total. The molecule has 35 heavy (non-hydrogen) atoms. The number of fused-ring (bicyclic) bond motifs is 2. The Kier molecular flexibility index (Phi) is 6.63. The van der Waals surface area contributed by atoms with E-state index in [0.717, 1.165) is 73.1 Å². The fraction of sp³-hybridized carbons (Fsp3) is 0.370. The minimum atomic E-state index is -0.195. The molecule has 2 aromatic carbocycles. The number of halogens is 1. The first kappa shape index (κ1) is 23.2. The molecule has 182 valence electrons. The number of anilines is 1. The number of pyridine rings is 1. The lowest BCUT2D eigenvalue weighted by Crippen LogP contribution is -2.46. The monoisotopic (exact) mass is 475 g/mol. The van der Waals surface area contributed by atoms with Crippen molar-refractivity contribution in [2.45, 2.75) is 19.8 Å². The fourth-order valence-corrected chi connectivity index (χ4v) is 4.74. The summed E-state index contributed by atoms with van der Waals surface area (Å²) in [5.74, 6) is -0.195. The van der Waals surface area contributed by atoms with Gasteiger partial charge >= 0.3 is 6.01 Å². The summed E-state index contributed by atoms with van der Waals surface area (Å²) in [6.45, 7) is 7.25. The van der Waals surface area contributed by atoms with Crippen molar-refractivity contribution < 1.29 is 9.13 Å². The van der Waals surface area contributed by atoms with E-state index in [9.17, 15) is 9.18 Å². The van der Waals surface area contributed by atoms with Crippen LogP contribution < -0.4 is 15.2 Å². The Morgan fingerprint density at radius 1 is 0.971 bits per heavy atom. The molecule has 1 fully saturated rings. The Labute approximate surface area is 203 Å². The van der Waals surface area contributed by atoms with E-state index in [0.29, 0.717) is 18.3 Å². The van der Waals surface area contributed by atoms with Gasteiger partial charge in [-0.25, -0.2) is 4.39 Å². The van der Waals surface area contributed by atoms with Crippen molar-refractivity contribution in [1.82, 2.24) is 19.4 Å².